The monoisotopic (exact) mass is 250 g/mol. The molecular formula is C12H18N4S. The van der Waals surface area contributed by atoms with Gasteiger partial charge >= 0.3 is 0 Å². The van der Waals surface area contributed by atoms with Gasteiger partial charge in [0, 0.05) is 11.3 Å². The summed E-state index contributed by atoms with van der Waals surface area (Å²) in [6.07, 6.45) is 3.55. The molecule has 0 aromatic carbocycles. The lowest BCUT2D eigenvalue weighted by atomic mass is 10.1. The molecule has 17 heavy (non-hydrogen) atoms. The summed E-state index contributed by atoms with van der Waals surface area (Å²) in [5, 5.41) is 4.30. The molecule has 0 aliphatic carbocycles. The molecule has 2 rings (SSSR count). The van der Waals surface area contributed by atoms with Crippen LogP contribution in [0, 0.1) is 6.92 Å². The van der Waals surface area contributed by atoms with Crippen molar-refractivity contribution in [2.24, 2.45) is 0 Å². The van der Waals surface area contributed by atoms with E-state index in [2.05, 4.69) is 42.8 Å². The van der Waals surface area contributed by atoms with E-state index in [0.717, 1.165) is 24.4 Å². The lowest BCUT2D eigenvalue weighted by molar-refractivity contribution is 0.341. The standard InChI is InChI=1S/C12H18N4S/c1-9-10(17-8-14-9)5-6-11-13-7-15-16(11)12(2,3)4/h7-8H,5-6H2,1-4H3. The highest BCUT2D eigenvalue weighted by molar-refractivity contribution is 7.09. The molecule has 2 heterocycles. The molecule has 0 fully saturated rings. The maximum atomic E-state index is 4.35. The Labute approximate surface area is 106 Å². The Bertz CT molecular complexity index is 493. The molecule has 0 amide bonds. The Balaban J connectivity index is 2.10. The third-order valence-corrected chi connectivity index (χ3v) is 3.67. The number of aromatic nitrogens is 4. The topological polar surface area (TPSA) is 43.6 Å². The highest BCUT2D eigenvalue weighted by atomic mass is 32.1. The summed E-state index contributed by atoms with van der Waals surface area (Å²) in [5.41, 5.74) is 3.03. The van der Waals surface area contributed by atoms with Crippen LogP contribution in [0.15, 0.2) is 11.8 Å². The zero-order chi connectivity index (χ0) is 12.5. The Morgan fingerprint density at radius 2 is 2.00 bits per heavy atom. The molecule has 0 saturated carbocycles. The Morgan fingerprint density at radius 1 is 1.24 bits per heavy atom. The zero-order valence-corrected chi connectivity index (χ0v) is 11.6. The largest absolute Gasteiger partial charge is 0.250 e. The first-order valence-electron chi connectivity index (χ1n) is 5.77. The first kappa shape index (κ1) is 12.2. The van der Waals surface area contributed by atoms with Crippen LogP contribution in [0.3, 0.4) is 0 Å². The Kier molecular flexibility index (Phi) is 3.28. The molecule has 0 spiro atoms. The Hall–Kier alpha value is -1.23. The van der Waals surface area contributed by atoms with Crippen molar-refractivity contribution in [3.8, 4) is 0 Å². The number of hydrogen-bond acceptors (Lipinski definition) is 4. The van der Waals surface area contributed by atoms with E-state index in [9.17, 15) is 0 Å². The molecule has 2 aromatic heterocycles. The maximum absolute atomic E-state index is 4.35. The Morgan fingerprint density at radius 3 is 2.59 bits per heavy atom. The van der Waals surface area contributed by atoms with Crippen LogP contribution in [0.2, 0.25) is 0 Å². The SMILES string of the molecule is Cc1ncsc1CCc1ncnn1C(C)(C)C. The molecule has 0 N–H and O–H groups in total. The molecule has 2 aromatic rings. The average molecular weight is 250 g/mol. The van der Waals surface area contributed by atoms with E-state index >= 15 is 0 Å². The number of aryl methyl sites for hydroxylation is 3. The second-order valence-corrected chi connectivity index (χ2v) is 6.06. The van der Waals surface area contributed by atoms with Gasteiger partial charge in [0.25, 0.3) is 0 Å². The highest BCUT2D eigenvalue weighted by Crippen LogP contribution is 2.18. The fourth-order valence-corrected chi connectivity index (χ4v) is 2.57. The van der Waals surface area contributed by atoms with Gasteiger partial charge in [0.1, 0.15) is 12.2 Å². The van der Waals surface area contributed by atoms with Crippen molar-refractivity contribution in [1.29, 1.82) is 0 Å². The van der Waals surface area contributed by atoms with E-state index in [-0.39, 0.29) is 5.54 Å². The van der Waals surface area contributed by atoms with Gasteiger partial charge in [0.05, 0.1) is 16.7 Å². The van der Waals surface area contributed by atoms with Gasteiger partial charge in [-0.1, -0.05) is 0 Å². The fourth-order valence-electron chi connectivity index (χ4n) is 1.79. The molecule has 0 unspecified atom stereocenters. The van der Waals surface area contributed by atoms with Gasteiger partial charge in [0.2, 0.25) is 0 Å². The third-order valence-electron chi connectivity index (χ3n) is 2.67. The number of thiazole rings is 1. The van der Waals surface area contributed by atoms with Crippen LogP contribution in [0.5, 0.6) is 0 Å². The van der Waals surface area contributed by atoms with Gasteiger partial charge in [-0.05, 0) is 34.1 Å². The molecule has 0 atom stereocenters. The number of nitrogens with zero attached hydrogens (tertiary/aromatic N) is 4. The van der Waals surface area contributed by atoms with Crippen LogP contribution in [-0.4, -0.2) is 19.7 Å². The van der Waals surface area contributed by atoms with E-state index in [1.807, 2.05) is 10.2 Å². The summed E-state index contributed by atoms with van der Waals surface area (Å²) >= 11 is 1.72. The van der Waals surface area contributed by atoms with Gasteiger partial charge in [-0.25, -0.2) is 14.6 Å². The first-order chi connectivity index (χ1) is 7.98. The average Bonchev–Trinajstić information content (AvgIpc) is 2.82. The van der Waals surface area contributed by atoms with Crippen LogP contribution in [-0.2, 0) is 18.4 Å². The molecule has 5 heteroatoms. The maximum Gasteiger partial charge on any atom is 0.138 e. The fraction of sp³-hybridized carbons (Fsp3) is 0.583. The molecule has 0 aliphatic heterocycles. The van der Waals surface area contributed by atoms with E-state index in [0.29, 0.717) is 0 Å². The summed E-state index contributed by atoms with van der Waals surface area (Å²) in [4.78, 5) is 9.95. The second-order valence-electron chi connectivity index (χ2n) is 5.12. The van der Waals surface area contributed by atoms with Gasteiger partial charge in [-0.3, -0.25) is 0 Å². The first-order valence-corrected chi connectivity index (χ1v) is 6.65. The molecular weight excluding hydrogens is 232 g/mol. The predicted molar refractivity (Wildman–Crippen MR) is 69.3 cm³/mol. The van der Waals surface area contributed by atoms with E-state index in [1.54, 1.807) is 17.7 Å². The minimum absolute atomic E-state index is 0.00538. The van der Waals surface area contributed by atoms with Crippen LogP contribution >= 0.6 is 11.3 Å². The van der Waals surface area contributed by atoms with Crippen LogP contribution in [0.25, 0.3) is 0 Å². The van der Waals surface area contributed by atoms with Crippen molar-refractivity contribution in [3.63, 3.8) is 0 Å². The summed E-state index contributed by atoms with van der Waals surface area (Å²) in [6.45, 7) is 8.48. The molecule has 0 aliphatic rings. The van der Waals surface area contributed by atoms with Crippen molar-refractivity contribution in [3.05, 3.63) is 28.2 Å². The minimum Gasteiger partial charge on any atom is -0.250 e. The van der Waals surface area contributed by atoms with Crippen molar-refractivity contribution in [2.45, 2.75) is 46.1 Å². The number of rotatable bonds is 3. The smallest absolute Gasteiger partial charge is 0.138 e. The normalized spacial score (nSPS) is 12.0. The molecule has 92 valence electrons. The van der Waals surface area contributed by atoms with Crippen molar-refractivity contribution >= 4 is 11.3 Å². The van der Waals surface area contributed by atoms with Crippen LogP contribution in [0.4, 0.5) is 0 Å². The van der Waals surface area contributed by atoms with E-state index in [1.165, 1.54) is 4.88 Å². The third kappa shape index (κ3) is 2.72. The van der Waals surface area contributed by atoms with Crippen molar-refractivity contribution in [2.75, 3.05) is 0 Å². The quantitative estimate of drug-likeness (QED) is 0.841. The summed E-state index contributed by atoms with van der Waals surface area (Å²) in [6, 6.07) is 0. The molecule has 0 saturated heterocycles. The summed E-state index contributed by atoms with van der Waals surface area (Å²) in [7, 11) is 0. The lowest BCUT2D eigenvalue weighted by Crippen LogP contribution is -2.25. The van der Waals surface area contributed by atoms with E-state index in [4.69, 9.17) is 0 Å². The highest BCUT2D eigenvalue weighted by Gasteiger charge is 2.18. The second kappa shape index (κ2) is 4.56. The van der Waals surface area contributed by atoms with Gasteiger partial charge in [-0.15, -0.1) is 11.3 Å². The number of hydrogen-bond donors (Lipinski definition) is 0. The van der Waals surface area contributed by atoms with E-state index < -0.39 is 0 Å². The summed E-state index contributed by atoms with van der Waals surface area (Å²) in [5.74, 6) is 1.05. The predicted octanol–water partition coefficient (Wildman–Crippen LogP) is 2.58. The molecule has 0 bridgehead atoms. The van der Waals surface area contributed by atoms with Crippen LogP contribution in [0.1, 0.15) is 37.2 Å². The van der Waals surface area contributed by atoms with Gasteiger partial charge < -0.3 is 0 Å². The zero-order valence-electron chi connectivity index (χ0n) is 10.8. The van der Waals surface area contributed by atoms with Crippen molar-refractivity contribution < 1.29 is 0 Å². The van der Waals surface area contributed by atoms with Gasteiger partial charge in [0.15, 0.2) is 0 Å². The van der Waals surface area contributed by atoms with Crippen LogP contribution < -0.4 is 0 Å². The molecule has 4 nitrogen and oxygen atoms in total. The molecule has 0 radical (unpaired) electrons. The minimum atomic E-state index is -0.00538. The summed E-state index contributed by atoms with van der Waals surface area (Å²) < 4.78 is 2.00. The van der Waals surface area contributed by atoms with Gasteiger partial charge in [-0.2, -0.15) is 5.10 Å². The lowest BCUT2D eigenvalue weighted by Gasteiger charge is -2.21. The van der Waals surface area contributed by atoms with Crippen molar-refractivity contribution in [1.82, 2.24) is 19.7 Å².